The van der Waals surface area contributed by atoms with Crippen LogP contribution in [0.2, 0.25) is 0 Å². The average molecular weight is 590 g/mol. The molecule has 1 unspecified atom stereocenters. The lowest BCUT2D eigenvalue weighted by atomic mass is 9.83. The van der Waals surface area contributed by atoms with Crippen LogP contribution in [0.4, 0.5) is 65.9 Å². The Morgan fingerprint density at radius 2 is 1.08 bits per heavy atom. The zero-order valence-electron chi connectivity index (χ0n) is 19.8. The summed E-state index contributed by atoms with van der Waals surface area (Å²) >= 11 is 0. The van der Waals surface area contributed by atoms with E-state index >= 15 is 0 Å². The highest BCUT2D eigenvalue weighted by Gasteiger charge is 2.93. The maximum absolute atomic E-state index is 14.6. The maximum atomic E-state index is 14.6. The number of methoxy groups -OCH3 is 1. The van der Waals surface area contributed by atoms with Crippen LogP contribution in [0, 0.1) is 5.92 Å². The fourth-order valence-electron chi connectivity index (χ4n) is 3.10. The first kappa shape index (κ1) is 34.0. The second-order valence-corrected chi connectivity index (χ2v) is 8.89. The molecule has 222 valence electrons. The smallest absolute Gasteiger partial charge is 0.460 e. The summed E-state index contributed by atoms with van der Waals surface area (Å²) in [6.07, 6.45) is -10.3. The van der Waals surface area contributed by atoms with Crippen molar-refractivity contribution in [1.82, 2.24) is 0 Å². The van der Waals surface area contributed by atoms with Gasteiger partial charge in [-0.1, -0.05) is 32.0 Å². The van der Waals surface area contributed by atoms with E-state index in [1.54, 1.807) is 13.8 Å². The van der Waals surface area contributed by atoms with Crippen molar-refractivity contribution in [3.63, 3.8) is 0 Å². The summed E-state index contributed by atoms with van der Waals surface area (Å²) in [6.45, 7) is 3.74. The van der Waals surface area contributed by atoms with E-state index in [4.69, 9.17) is 9.47 Å². The number of hydrogen-bond acceptors (Lipinski definition) is 2. The number of rotatable bonds is 12. The van der Waals surface area contributed by atoms with Crippen molar-refractivity contribution in [1.29, 1.82) is 0 Å². The maximum Gasteiger partial charge on any atom is 0.460 e. The van der Waals surface area contributed by atoms with E-state index in [0.717, 1.165) is 18.2 Å². The minimum absolute atomic E-state index is 0.101. The van der Waals surface area contributed by atoms with Gasteiger partial charge >= 0.3 is 41.7 Å². The predicted octanol–water partition coefficient (Wildman–Crippen LogP) is 8.35. The molecule has 2 nitrogen and oxygen atoms in total. The number of para-hydroxylation sites is 1. The van der Waals surface area contributed by atoms with Gasteiger partial charge in [0.2, 0.25) is 0 Å². The second kappa shape index (κ2) is 10.2. The molecular formula is C21H21F15O2. The minimum Gasteiger partial charge on any atom is -0.493 e. The van der Waals surface area contributed by atoms with Crippen molar-refractivity contribution in [2.24, 2.45) is 5.92 Å². The van der Waals surface area contributed by atoms with Gasteiger partial charge in [-0.25, -0.2) is 0 Å². The number of halogens is 15. The summed E-state index contributed by atoms with van der Waals surface area (Å²) in [4.78, 5) is 0. The van der Waals surface area contributed by atoms with Gasteiger partial charge in [-0.15, -0.1) is 0 Å². The van der Waals surface area contributed by atoms with E-state index in [2.05, 4.69) is 0 Å². The van der Waals surface area contributed by atoms with E-state index in [0.29, 0.717) is 14.0 Å². The van der Waals surface area contributed by atoms with Gasteiger partial charge in [0.15, 0.2) is 0 Å². The largest absolute Gasteiger partial charge is 0.493 e. The Kier molecular flexibility index (Phi) is 9.07. The highest BCUT2D eigenvalue weighted by Crippen LogP contribution is 2.63. The molecular weight excluding hydrogens is 569 g/mol. The lowest BCUT2D eigenvalue weighted by Gasteiger charge is -2.43. The van der Waals surface area contributed by atoms with E-state index in [9.17, 15) is 65.9 Å². The second-order valence-electron chi connectivity index (χ2n) is 8.89. The molecule has 0 N–H and O–H groups in total. The quantitative estimate of drug-likeness (QED) is 0.228. The summed E-state index contributed by atoms with van der Waals surface area (Å²) in [5.41, 5.74) is -3.33. The minimum atomic E-state index is -8.34. The molecule has 0 radical (unpaired) electrons. The van der Waals surface area contributed by atoms with Gasteiger partial charge in [0.25, 0.3) is 0 Å². The monoisotopic (exact) mass is 590 g/mol. The molecule has 1 aromatic carbocycles. The molecule has 1 atom stereocenters. The number of ether oxygens (including phenoxy) is 2. The van der Waals surface area contributed by atoms with Gasteiger partial charge in [-0.2, -0.15) is 65.9 Å². The lowest BCUT2D eigenvalue weighted by Crippen LogP contribution is -2.72. The van der Waals surface area contributed by atoms with Gasteiger partial charge in [0.1, 0.15) is 5.75 Å². The molecule has 0 aliphatic carbocycles. The van der Waals surface area contributed by atoms with Crippen molar-refractivity contribution >= 4 is 0 Å². The topological polar surface area (TPSA) is 18.5 Å². The summed E-state index contributed by atoms with van der Waals surface area (Å²) in [5.74, 6) is -47.4. The summed E-state index contributed by atoms with van der Waals surface area (Å²) in [6, 6.07) is 4.42. The van der Waals surface area contributed by atoms with Crippen LogP contribution in [0.3, 0.4) is 0 Å². The molecule has 1 rings (SSSR count). The van der Waals surface area contributed by atoms with Crippen LogP contribution in [0.15, 0.2) is 24.3 Å². The lowest BCUT2D eigenvalue weighted by molar-refractivity contribution is -0.453. The molecule has 0 fully saturated rings. The van der Waals surface area contributed by atoms with E-state index in [1.807, 2.05) is 0 Å². The first-order chi connectivity index (χ1) is 16.7. The van der Waals surface area contributed by atoms with Crippen LogP contribution in [0.25, 0.3) is 0 Å². The Labute approximate surface area is 206 Å². The van der Waals surface area contributed by atoms with Crippen molar-refractivity contribution in [3.8, 4) is 5.75 Å². The third-order valence-electron chi connectivity index (χ3n) is 5.43. The van der Waals surface area contributed by atoms with Gasteiger partial charge in [0.05, 0.1) is 18.6 Å². The van der Waals surface area contributed by atoms with E-state index in [-0.39, 0.29) is 18.3 Å². The molecule has 0 bridgehead atoms. The summed E-state index contributed by atoms with van der Waals surface area (Å²) < 4.78 is 213. The van der Waals surface area contributed by atoms with Crippen LogP contribution in [0.5, 0.6) is 5.75 Å². The standard InChI is InChI=1S/C21H21F15O2/c1-11(2)9-38-13-8-6-5-7-12(13)14(3,37-4)10-15(22,23)16(24,25)17(26,27)18(28,29)19(30,31)20(32,33)21(34,35)36/h5-8,11H,9-10H2,1-4H3. The molecule has 0 saturated carbocycles. The third kappa shape index (κ3) is 5.35. The Bertz CT molecular complexity index is 956. The SMILES string of the molecule is COC(C)(CC(F)(F)C(F)(F)C(F)(F)C(F)(F)C(F)(F)C(F)(F)C(F)(F)F)c1ccccc1OCC(C)C. The van der Waals surface area contributed by atoms with Crippen molar-refractivity contribution in [3.05, 3.63) is 29.8 Å². The van der Waals surface area contributed by atoms with Crippen molar-refractivity contribution < 1.29 is 75.3 Å². The van der Waals surface area contributed by atoms with Gasteiger partial charge in [-0.3, -0.25) is 0 Å². The molecule has 0 saturated heterocycles. The number of hydrogen-bond donors (Lipinski definition) is 0. The first-order valence-electron chi connectivity index (χ1n) is 10.3. The van der Waals surface area contributed by atoms with E-state index in [1.165, 1.54) is 6.07 Å². The van der Waals surface area contributed by atoms with Crippen LogP contribution >= 0.6 is 0 Å². The third-order valence-corrected chi connectivity index (χ3v) is 5.43. The molecule has 0 heterocycles. The van der Waals surface area contributed by atoms with Gasteiger partial charge in [0, 0.05) is 12.7 Å². The van der Waals surface area contributed by atoms with Gasteiger partial charge < -0.3 is 9.47 Å². The van der Waals surface area contributed by atoms with Gasteiger partial charge in [-0.05, 0) is 18.9 Å². The zero-order valence-corrected chi connectivity index (χ0v) is 19.8. The molecule has 1 aromatic rings. The normalized spacial score (nSPS) is 16.5. The Balaban J connectivity index is 3.62. The average Bonchev–Trinajstić information content (AvgIpc) is 2.76. The Morgan fingerprint density at radius 3 is 1.50 bits per heavy atom. The van der Waals surface area contributed by atoms with Crippen LogP contribution < -0.4 is 4.74 Å². The van der Waals surface area contributed by atoms with Crippen LogP contribution in [-0.2, 0) is 10.3 Å². The zero-order chi connectivity index (χ0) is 30.4. The molecule has 17 heteroatoms. The number of alkyl halides is 15. The molecule has 0 amide bonds. The molecule has 0 aliphatic heterocycles. The Morgan fingerprint density at radius 1 is 0.658 bits per heavy atom. The van der Waals surface area contributed by atoms with Crippen molar-refractivity contribution in [2.75, 3.05) is 13.7 Å². The number of benzene rings is 1. The molecule has 0 spiro atoms. The highest BCUT2D eigenvalue weighted by atomic mass is 19.4. The summed E-state index contributed by atoms with van der Waals surface area (Å²) in [5, 5.41) is 0. The molecule has 0 aliphatic rings. The van der Waals surface area contributed by atoms with Crippen molar-refractivity contribution in [2.45, 2.75) is 74.5 Å². The Hall–Kier alpha value is -2.07. The predicted molar refractivity (Wildman–Crippen MR) is 101 cm³/mol. The fourth-order valence-corrected chi connectivity index (χ4v) is 3.10. The molecule has 0 aromatic heterocycles. The van der Waals surface area contributed by atoms with Crippen LogP contribution in [-0.4, -0.2) is 55.4 Å². The summed E-state index contributed by atoms with van der Waals surface area (Å²) in [7, 11) is 0.595. The first-order valence-corrected chi connectivity index (χ1v) is 10.3. The fraction of sp³-hybridized carbons (Fsp3) is 0.714. The molecule has 38 heavy (non-hydrogen) atoms. The van der Waals surface area contributed by atoms with E-state index < -0.39 is 59.3 Å². The highest BCUT2D eigenvalue weighted by molar-refractivity contribution is 5.38. The van der Waals surface area contributed by atoms with Crippen LogP contribution in [0.1, 0.15) is 32.8 Å².